The van der Waals surface area contributed by atoms with Crippen LogP contribution in [-0.2, 0) is 29.4 Å². The fourth-order valence-electron chi connectivity index (χ4n) is 3.36. The summed E-state index contributed by atoms with van der Waals surface area (Å²) in [4.78, 5) is 2.83. The lowest BCUT2D eigenvalue weighted by atomic mass is 9.84. The number of hydrogen-bond acceptors (Lipinski definition) is 4. The van der Waals surface area contributed by atoms with Gasteiger partial charge < -0.3 is 9.84 Å². The highest BCUT2D eigenvalue weighted by atomic mass is 19.4. The van der Waals surface area contributed by atoms with E-state index in [9.17, 15) is 63.1 Å². The Kier molecular flexibility index (Phi) is 7.92. The molecule has 0 fully saturated rings. The molecule has 2 rings (SSSR count). The second kappa shape index (κ2) is 9.77. The minimum absolute atomic E-state index is 0.0718. The van der Waals surface area contributed by atoms with Crippen molar-refractivity contribution in [3.63, 3.8) is 0 Å². The van der Waals surface area contributed by atoms with E-state index >= 15 is 0 Å². The Balaban J connectivity index is 2.80. The number of alkyl halides is 12. The number of nitriles is 1. The molecule has 2 aromatic rings. The van der Waals surface area contributed by atoms with Crippen LogP contribution < -0.4 is 0 Å². The summed E-state index contributed by atoms with van der Waals surface area (Å²) in [7, 11) is 0.622. The van der Waals surface area contributed by atoms with Crippen molar-refractivity contribution in [3.05, 3.63) is 64.0 Å². The van der Waals surface area contributed by atoms with Crippen LogP contribution in [0.15, 0.2) is 30.6 Å². The van der Waals surface area contributed by atoms with Gasteiger partial charge in [0.1, 0.15) is 12.0 Å². The number of aliphatic hydroxyl groups excluding tert-OH is 1. The van der Waals surface area contributed by atoms with Gasteiger partial charge in [0.25, 0.3) is 0 Å². The molecule has 4 nitrogen and oxygen atoms in total. The third-order valence-electron chi connectivity index (χ3n) is 4.90. The molecule has 0 aliphatic heterocycles. The number of aromatic nitrogens is 1. The summed E-state index contributed by atoms with van der Waals surface area (Å²) in [6.07, 6.45) is -27.4. The first-order valence-electron chi connectivity index (χ1n) is 9.25. The van der Waals surface area contributed by atoms with Gasteiger partial charge in [-0.1, -0.05) is 0 Å². The molecule has 16 heteroatoms. The van der Waals surface area contributed by atoms with Crippen LogP contribution in [0, 0.1) is 17.2 Å². The normalized spacial score (nSPS) is 15.8. The lowest BCUT2D eigenvalue weighted by Crippen LogP contribution is -2.27. The Hall–Kier alpha value is -3.06. The largest absolute Gasteiger partial charge is 0.418 e. The molecule has 0 bridgehead atoms. The Bertz CT molecular complexity index is 1070. The standard InChI is InChI=1S/C20H12F12N2O2/c1-36-16(8-2-9(17(21,22)23)4-10(3-8)18(24,25)26)11(5-33)15(35)14-12(19(27,28)29)6-34-7-13(14)20(30,31)32/h2-4,6-7,11,15-16,35H,1H3. The molecule has 3 unspecified atom stereocenters. The minimum atomic E-state index is -5.55. The molecule has 1 heterocycles. The zero-order valence-corrected chi connectivity index (χ0v) is 17.4. The molecule has 0 saturated carbocycles. The molecule has 3 atom stereocenters. The van der Waals surface area contributed by atoms with Crippen molar-refractivity contribution in [1.82, 2.24) is 4.98 Å². The van der Waals surface area contributed by atoms with Crippen LogP contribution in [0.2, 0.25) is 0 Å². The quantitative estimate of drug-likeness (QED) is 0.428. The van der Waals surface area contributed by atoms with E-state index in [1.165, 1.54) is 0 Å². The Morgan fingerprint density at radius 3 is 1.50 bits per heavy atom. The number of hydrogen-bond donors (Lipinski definition) is 1. The topological polar surface area (TPSA) is 66.1 Å². The van der Waals surface area contributed by atoms with Gasteiger partial charge in [-0.25, -0.2) is 0 Å². The Morgan fingerprint density at radius 1 is 0.778 bits per heavy atom. The number of rotatable bonds is 5. The highest BCUT2D eigenvalue weighted by Crippen LogP contribution is 2.46. The Labute approximate surface area is 193 Å². The molecule has 0 saturated heterocycles. The molecule has 198 valence electrons. The van der Waals surface area contributed by atoms with Gasteiger partial charge in [0.2, 0.25) is 0 Å². The first-order chi connectivity index (χ1) is 16.2. The van der Waals surface area contributed by atoms with Crippen LogP contribution >= 0.6 is 0 Å². The smallest absolute Gasteiger partial charge is 0.387 e. The average Bonchev–Trinajstić information content (AvgIpc) is 2.73. The van der Waals surface area contributed by atoms with E-state index < -0.39 is 76.2 Å². The fourth-order valence-corrected chi connectivity index (χ4v) is 3.36. The summed E-state index contributed by atoms with van der Waals surface area (Å²) in [5.74, 6) is -2.54. The molecule has 0 spiro atoms. The van der Waals surface area contributed by atoms with Crippen LogP contribution in [0.4, 0.5) is 52.7 Å². The van der Waals surface area contributed by atoms with Crippen molar-refractivity contribution in [3.8, 4) is 6.07 Å². The van der Waals surface area contributed by atoms with E-state index in [0.717, 1.165) is 6.07 Å². The molecule has 0 aliphatic carbocycles. The van der Waals surface area contributed by atoms with E-state index in [1.807, 2.05) is 0 Å². The zero-order valence-electron chi connectivity index (χ0n) is 17.4. The summed E-state index contributed by atoms with van der Waals surface area (Å²) in [6.45, 7) is 0. The number of benzene rings is 1. The zero-order chi connectivity index (χ0) is 27.9. The molecular formula is C20H12F12N2O2. The monoisotopic (exact) mass is 540 g/mol. The van der Waals surface area contributed by atoms with Crippen LogP contribution in [0.1, 0.15) is 45.6 Å². The molecule has 1 N–H and O–H groups in total. The molecule has 0 radical (unpaired) electrons. The van der Waals surface area contributed by atoms with Gasteiger partial charge in [-0.15, -0.1) is 0 Å². The highest BCUT2D eigenvalue weighted by Gasteiger charge is 2.46. The maximum absolute atomic E-state index is 13.4. The summed E-state index contributed by atoms with van der Waals surface area (Å²) >= 11 is 0. The number of aliphatic hydroxyl groups is 1. The highest BCUT2D eigenvalue weighted by molar-refractivity contribution is 5.40. The second-order valence-electron chi connectivity index (χ2n) is 7.24. The van der Waals surface area contributed by atoms with Crippen molar-refractivity contribution in [2.75, 3.05) is 7.11 Å². The van der Waals surface area contributed by atoms with E-state index in [4.69, 9.17) is 4.74 Å². The van der Waals surface area contributed by atoms with Crippen molar-refractivity contribution in [2.45, 2.75) is 36.9 Å². The van der Waals surface area contributed by atoms with Crippen LogP contribution in [0.5, 0.6) is 0 Å². The fraction of sp³-hybridized carbons (Fsp3) is 0.400. The number of methoxy groups -OCH3 is 1. The number of nitrogens with zero attached hydrogens (tertiary/aromatic N) is 2. The number of pyridine rings is 1. The molecule has 0 aliphatic rings. The van der Waals surface area contributed by atoms with E-state index in [1.54, 1.807) is 0 Å². The number of halogens is 12. The van der Waals surface area contributed by atoms with Crippen molar-refractivity contribution >= 4 is 0 Å². The first kappa shape index (κ1) is 29.2. The van der Waals surface area contributed by atoms with Gasteiger partial charge in [0, 0.05) is 25.1 Å². The molecule has 1 aromatic heterocycles. The van der Waals surface area contributed by atoms with Gasteiger partial charge in [-0.3, -0.25) is 4.98 Å². The van der Waals surface area contributed by atoms with Crippen molar-refractivity contribution < 1.29 is 62.5 Å². The lowest BCUT2D eigenvalue weighted by Gasteiger charge is -2.29. The first-order valence-corrected chi connectivity index (χ1v) is 9.25. The summed E-state index contributed by atoms with van der Waals surface area (Å²) in [6, 6.07) is 0.983. The van der Waals surface area contributed by atoms with Gasteiger partial charge in [0.15, 0.2) is 0 Å². The van der Waals surface area contributed by atoms with Gasteiger partial charge in [-0.05, 0) is 23.8 Å². The van der Waals surface area contributed by atoms with E-state index in [-0.39, 0.29) is 30.6 Å². The van der Waals surface area contributed by atoms with E-state index in [0.29, 0.717) is 7.11 Å². The van der Waals surface area contributed by atoms with Crippen LogP contribution in [0.3, 0.4) is 0 Å². The average molecular weight is 540 g/mol. The third kappa shape index (κ3) is 6.19. The van der Waals surface area contributed by atoms with Gasteiger partial charge in [0.05, 0.1) is 34.4 Å². The summed E-state index contributed by atoms with van der Waals surface area (Å²) in [5.41, 5.74) is -11.0. The summed E-state index contributed by atoms with van der Waals surface area (Å²) < 4.78 is 165. The van der Waals surface area contributed by atoms with Crippen LogP contribution in [-0.4, -0.2) is 17.2 Å². The maximum atomic E-state index is 13.4. The van der Waals surface area contributed by atoms with Gasteiger partial charge in [-0.2, -0.15) is 57.9 Å². The summed E-state index contributed by atoms with van der Waals surface area (Å²) in [5, 5.41) is 20.0. The third-order valence-corrected chi connectivity index (χ3v) is 4.90. The lowest BCUT2D eigenvalue weighted by molar-refractivity contribution is -0.148. The minimum Gasteiger partial charge on any atom is -0.387 e. The van der Waals surface area contributed by atoms with Gasteiger partial charge >= 0.3 is 24.7 Å². The SMILES string of the molecule is COC(c1cc(C(F)(F)F)cc(C(F)(F)F)c1)C(C#N)C(O)c1c(C(F)(F)F)cncc1C(F)(F)F. The second-order valence-corrected chi connectivity index (χ2v) is 7.24. The maximum Gasteiger partial charge on any atom is 0.418 e. The molecule has 36 heavy (non-hydrogen) atoms. The predicted octanol–water partition coefficient (Wildman–Crippen LogP) is 6.72. The van der Waals surface area contributed by atoms with Crippen molar-refractivity contribution in [1.29, 1.82) is 5.26 Å². The molecule has 0 amide bonds. The van der Waals surface area contributed by atoms with Crippen molar-refractivity contribution in [2.24, 2.45) is 5.92 Å². The number of ether oxygens (including phenoxy) is 1. The molecular weight excluding hydrogens is 528 g/mol. The predicted molar refractivity (Wildman–Crippen MR) is 94.5 cm³/mol. The Morgan fingerprint density at radius 2 is 1.19 bits per heavy atom. The molecule has 1 aromatic carbocycles. The van der Waals surface area contributed by atoms with Crippen LogP contribution in [0.25, 0.3) is 0 Å². The van der Waals surface area contributed by atoms with E-state index in [2.05, 4.69) is 4.98 Å².